The highest BCUT2D eigenvalue weighted by Crippen LogP contribution is 2.38. The number of rotatable bonds is 5. The number of allylic oxidation sites excluding steroid dienone is 4. The number of hydrogen-bond donors (Lipinski definition) is 3. The average Bonchev–Trinajstić information content (AvgIpc) is 3.19. The fourth-order valence-corrected chi connectivity index (χ4v) is 5.19. The van der Waals surface area contributed by atoms with Crippen LogP contribution in [0.25, 0.3) is 16.5 Å². The quantitative estimate of drug-likeness (QED) is 0.587. The first-order valence-electron chi connectivity index (χ1n) is 12.1. The van der Waals surface area contributed by atoms with Gasteiger partial charge in [-0.1, -0.05) is 19.9 Å². The van der Waals surface area contributed by atoms with E-state index in [9.17, 15) is 4.79 Å². The molecule has 0 atom stereocenters. The van der Waals surface area contributed by atoms with E-state index in [4.69, 9.17) is 11.6 Å². The molecule has 182 valence electrons. The van der Waals surface area contributed by atoms with Crippen molar-refractivity contribution in [3.63, 3.8) is 0 Å². The third-order valence-corrected chi connectivity index (χ3v) is 7.00. The van der Waals surface area contributed by atoms with Crippen LogP contribution in [0.5, 0.6) is 0 Å². The van der Waals surface area contributed by atoms with Crippen molar-refractivity contribution >= 4 is 22.4 Å². The normalized spacial score (nSPS) is 18.9. The third-order valence-electron chi connectivity index (χ3n) is 7.00. The number of aromatic amines is 1. The number of carbonyl (C=O) groups excluding carboxylic acids is 1. The van der Waals surface area contributed by atoms with Gasteiger partial charge in [-0.25, -0.2) is 5.84 Å². The van der Waals surface area contributed by atoms with Gasteiger partial charge >= 0.3 is 0 Å². The fraction of sp³-hybridized carbons (Fsp3) is 0.444. The minimum absolute atomic E-state index is 0.224. The highest BCUT2D eigenvalue weighted by molar-refractivity contribution is 5.93. The Morgan fingerprint density at radius 2 is 1.94 bits per heavy atom. The first-order chi connectivity index (χ1) is 16.2. The first kappa shape index (κ1) is 24.1. The lowest BCUT2D eigenvalue weighted by Gasteiger charge is -2.33. The zero-order valence-electron chi connectivity index (χ0n) is 21.1. The van der Waals surface area contributed by atoms with E-state index in [1.807, 2.05) is 36.9 Å². The van der Waals surface area contributed by atoms with Crippen LogP contribution >= 0.6 is 0 Å². The molecule has 0 radical (unpaired) electrons. The molecule has 34 heavy (non-hydrogen) atoms. The number of amides is 1. The molecular formula is C27H38N6O. The Kier molecular flexibility index (Phi) is 6.86. The molecule has 5 N–H and O–H groups in total. The molecule has 7 nitrogen and oxygen atoms in total. The second kappa shape index (κ2) is 9.68. The van der Waals surface area contributed by atoms with E-state index in [-0.39, 0.29) is 5.91 Å². The molecule has 1 aromatic heterocycles. The fourth-order valence-electron chi connectivity index (χ4n) is 5.19. The molecule has 1 fully saturated rings. The second-order valence-corrected chi connectivity index (χ2v) is 10.1. The summed E-state index contributed by atoms with van der Waals surface area (Å²) in [5.74, 6) is 7.18. The van der Waals surface area contributed by atoms with E-state index >= 15 is 0 Å². The van der Waals surface area contributed by atoms with Crippen molar-refractivity contribution in [1.82, 2.24) is 19.8 Å². The van der Waals surface area contributed by atoms with E-state index in [0.717, 1.165) is 54.1 Å². The van der Waals surface area contributed by atoms with Crippen LogP contribution in [0.15, 0.2) is 47.9 Å². The number of fused-ring (bicyclic) bond motifs is 1. The standard InChI is InChI=1S/C27H38N6O/c1-17(2)26-23-14-20(19-8-10-32(11-9-19)25(34)16-31(4)5)6-7-24(23)30-27(26)21-12-18(3)33(29)22(13-21)15-28/h6-7,12-15,17,19,30H,8-11,16,28-29H2,1-5H3/b22-15-. The van der Waals surface area contributed by atoms with Crippen molar-refractivity contribution < 1.29 is 4.79 Å². The van der Waals surface area contributed by atoms with Crippen LogP contribution in [0.2, 0.25) is 0 Å². The predicted molar refractivity (Wildman–Crippen MR) is 140 cm³/mol. The Bertz CT molecular complexity index is 1160. The highest BCUT2D eigenvalue weighted by Gasteiger charge is 2.26. The van der Waals surface area contributed by atoms with E-state index < -0.39 is 0 Å². The molecule has 2 aliphatic heterocycles. The van der Waals surface area contributed by atoms with Gasteiger partial charge in [0.1, 0.15) is 0 Å². The summed E-state index contributed by atoms with van der Waals surface area (Å²) in [5.41, 5.74) is 13.6. The van der Waals surface area contributed by atoms with Crippen LogP contribution < -0.4 is 11.6 Å². The van der Waals surface area contributed by atoms with Gasteiger partial charge in [-0.05, 0) is 81.1 Å². The first-order valence-corrected chi connectivity index (χ1v) is 12.1. The van der Waals surface area contributed by atoms with Crippen molar-refractivity contribution in [3.05, 3.63) is 64.8 Å². The Balaban J connectivity index is 1.64. The van der Waals surface area contributed by atoms with E-state index in [1.165, 1.54) is 16.5 Å². The van der Waals surface area contributed by atoms with Crippen LogP contribution in [0.1, 0.15) is 62.3 Å². The number of nitrogens with one attached hydrogen (secondary N) is 1. The number of carbonyl (C=O) groups is 1. The summed E-state index contributed by atoms with van der Waals surface area (Å²) in [7, 11) is 3.88. The minimum Gasteiger partial charge on any atom is -0.403 e. The van der Waals surface area contributed by atoms with Gasteiger partial charge in [0.05, 0.1) is 17.9 Å². The summed E-state index contributed by atoms with van der Waals surface area (Å²) in [4.78, 5) is 20.1. The van der Waals surface area contributed by atoms with Gasteiger partial charge in [0.2, 0.25) is 5.91 Å². The topological polar surface area (TPSA) is 94.6 Å². The van der Waals surface area contributed by atoms with Gasteiger partial charge in [-0.3, -0.25) is 9.80 Å². The van der Waals surface area contributed by atoms with E-state index in [0.29, 0.717) is 18.4 Å². The minimum atomic E-state index is 0.224. The number of H-pyrrole nitrogens is 1. The summed E-state index contributed by atoms with van der Waals surface area (Å²) in [6.07, 6.45) is 7.68. The molecule has 1 saturated heterocycles. The monoisotopic (exact) mass is 462 g/mol. The smallest absolute Gasteiger partial charge is 0.236 e. The van der Waals surface area contributed by atoms with Crippen LogP contribution in [-0.2, 0) is 4.79 Å². The number of likely N-dealkylation sites (tertiary alicyclic amines) is 1. The van der Waals surface area contributed by atoms with Crippen molar-refractivity contribution in [1.29, 1.82) is 0 Å². The summed E-state index contributed by atoms with van der Waals surface area (Å²) >= 11 is 0. The largest absolute Gasteiger partial charge is 0.403 e. The number of aromatic nitrogens is 1. The number of benzene rings is 1. The molecular weight excluding hydrogens is 424 g/mol. The molecule has 0 aliphatic carbocycles. The number of likely N-dealkylation sites (N-methyl/N-ethyl adjacent to an activating group) is 1. The molecule has 1 amide bonds. The predicted octanol–water partition coefficient (Wildman–Crippen LogP) is 3.84. The number of nitrogens with zero attached hydrogens (tertiary/aromatic N) is 3. The maximum absolute atomic E-state index is 12.4. The molecule has 2 aromatic rings. The molecule has 0 unspecified atom stereocenters. The summed E-state index contributed by atoms with van der Waals surface area (Å²) in [5, 5.41) is 2.88. The Labute approximate surface area is 202 Å². The highest BCUT2D eigenvalue weighted by atomic mass is 16.2. The van der Waals surface area contributed by atoms with Crippen LogP contribution in [0.3, 0.4) is 0 Å². The SMILES string of the molecule is CC1=CC(c2[nH]c3ccc(C4CCN(C(=O)CN(C)C)CC4)cc3c2C(C)C)=C/C(=C/N)N1N. The Morgan fingerprint density at radius 3 is 2.56 bits per heavy atom. The molecule has 7 heteroatoms. The molecule has 0 bridgehead atoms. The molecule has 2 aliphatic rings. The van der Waals surface area contributed by atoms with E-state index in [2.05, 4.69) is 43.1 Å². The summed E-state index contributed by atoms with van der Waals surface area (Å²) < 4.78 is 0. The molecule has 0 spiro atoms. The number of hydrazine groups is 1. The molecule has 1 aromatic carbocycles. The third kappa shape index (κ3) is 4.63. The van der Waals surface area contributed by atoms with Crippen LogP contribution in [0, 0.1) is 0 Å². The summed E-state index contributed by atoms with van der Waals surface area (Å²) in [6.45, 7) is 8.59. The second-order valence-electron chi connectivity index (χ2n) is 10.1. The maximum Gasteiger partial charge on any atom is 0.236 e. The van der Waals surface area contributed by atoms with E-state index in [1.54, 1.807) is 11.2 Å². The lowest BCUT2D eigenvalue weighted by atomic mass is 9.87. The maximum atomic E-state index is 12.4. The van der Waals surface area contributed by atoms with Crippen molar-refractivity contribution in [2.45, 2.75) is 45.4 Å². The van der Waals surface area contributed by atoms with Crippen LogP contribution in [0.4, 0.5) is 0 Å². The van der Waals surface area contributed by atoms with Gasteiger partial charge in [0.15, 0.2) is 0 Å². The van der Waals surface area contributed by atoms with Gasteiger partial charge in [-0.2, -0.15) is 0 Å². The number of piperidine rings is 1. The molecule has 3 heterocycles. The molecule has 0 saturated carbocycles. The Morgan fingerprint density at radius 1 is 1.24 bits per heavy atom. The zero-order chi connectivity index (χ0) is 24.6. The number of nitrogens with two attached hydrogens (primary N) is 2. The number of hydrogen-bond acceptors (Lipinski definition) is 5. The van der Waals surface area contributed by atoms with Gasteiger partial charge < -0.3 is 20.5 Å². The van der Waals surface area contributed by atoms with Crippen LogP contribution in [-0.4, -0.2) is 59.4 Å². The molecule has 4 rings (SSSR count). The van der Waals surface area contributed by atoms with Crippen molar-refractivity contribution in [2.75, 3.05) is 33.7 Å². The van der Waals surface area contributed by atoms with Gasteiger partial charge in [-0.15, -0.1) is 0 Å². The van der Waals surface area contributed by atoms with Gasteiger partial charge in [0, 0.05) is 41.5 Å². The Hall–Kier alpha value is -3.03. The van der Waals surface area contributed by atoms with Crippen molar-refractivity contribution in [2.24, 2.45) is 11.6 Å². The van der Waals surface area contributed by atoms with Gasteiger partial charge in [0.25, 0.3) is 0 Å². The zero-order valence-corrected chi connectivity index (χ0v) is 21.1. The lowest BCUT2D eigenvalue weighted by Crippen LogP contribution is -2.42. The average molecular weight is 463 g/mol. The van der Waals surface area contributed by atoms with Crippen molar-refractivity contribution in [3.8, 4) is 0 Å². The lowest BCUT2D eigenvalue weighted by molar-refractivity contribution is -0.132. The summed E-state index contributed by atoms with van der Waals surface area (Å²) in [6, 6.07) is 6.82.